The predicted octanol–water partition coefficient (Wildman–Crippen LogP) is 3.48. The van der Waals surface area contributed by atoms with Crippen molar-refractivity contribution in [2.75, 3.05) is 0 Å². The summed E-state index contributed by atoms with van der Waals surface area (Å²) in [6.45, 7) is 0.890. The second kappa shape index (κ2) is 10.5. The summed E-state index contributed by atoms with van der Waals surface area (Å²) in [5.74, 6) is 0. The molecule has 0 saturated carbocycles. The van der Waals surface area contributed by atoms with Crippen molar-refractivity contribution in [1.29, 1.82) is 0 Å². The molecule has 3 aromatic heterocycles. The van der Waals surface area contributed by atoms with E-state index < -0.39 is 0 Å². The molecule has 126 valence electrons. The van der Waals surface area contributed by atoms with Crippen LogP contribution in [0.2, 0.25) is 10.3 Å². The number of unbranched alkanes of at least 4 members (excludes halogenated alkanes) is 1. The van der Waals surface area contributed by atoms with Crippen molar-refractivity contribution < 1.29 is 0 Å². The Labute approximate surface area is 162 Å². The number of halogens is 3. The molecule has 3 aromatic rings. The minimum absolute atomic E-state index is 0.436. The zero-order valence-electron chi connectivity index (χ0n) is 12.6. The highest BCUT2D eigenvalue weighted by atomic mass is 127. The molecule has 0 spiro atoms. The van der Waals surface area contributed by atoms with Crippen molar-refractivity contribution >= 4 is 45.8 Å². The molecule has 0 amide bonds. The van der Waals surface area contributed by atoms with E-state index in [-0.39, 0.29) is 0 Å². The SMILES string of the molecule is Clc1ccc(CCCCn2ccnn2)nn1.Clc1ccc(I)nn1. The van der Waals surface area contributed by atoms with E-state index in [0.717, 1.165) is 35.2 Å². The second-order valence-electron chi connectivity index (χ2n) is 4.65. The first-order valence-electron chi connectivity index (χ1n) is 7.10. The minimum Gasteiger partial charge on any atom is -0.253 e. The third-order valence-electron chi connectivity index (χ3n) is 2.83. The van der Waals surface area contributed by atoms with Crippen molar-refractivity contribution in [3.05, 3.63) is 56.4 Å². The Morgan fingerprint density at radius 1 is 0.917 bits per heavy atom. The van der Waals surface area contributed by atoms with Crippen molar-refractivity contribution in [2.24, 2.45) is 0 Å². The molecule has 7 nitrogen and oxygen atoms in total. The maximum Gasteiger partial charge on any atom is 0.151 e. The smallest absolute Gasteiger partial charge is 0.151 e. The van der Waals surface area contributed by atoms with Gasteiger partial charge in [0.15, 0.2) is 10.3 Å². The van der Waals surface area contributed by atoms with Crippen LogP contribution in [0.5, 0.6) is 0 Å². The topological polar surface area (TPSA) is 82.3 Å². The van der Waals surface area contributed by atoms with Gasteiger partial charge >= 0.3 is 0 Å². The summed E-state index contributed by atoms with van der Waals surface area (Å²) in [7, 11) is 0. The highest BCUT2D eigenvalue weighted by Gasteiger charge is 1.97. The average molecular weight is 478 g/mol. The first-order valence-corrected chi connectivity index (χ1v) is 8.94. The first-order chi connectivity index (χ1) is 11.6. The van der Waals surface area contributed by atoms with Crippen LogP contribution in [0.3, 0.4) is 0 Å². The van der Waals surface area contributed by atoms with Crippen LogP contribution in [0.25, 0.3) is 0 Å². The lowest BCUT2D eigenvalue weighted by molar-refractivity contribution is 0.538. The van der Waals surface area contributed by atoms with Gasteiger partial charge in [-0.05, 0) is 66.1 Å². The van der Waals surface area contributed by atoms with Gasteiger partial charge in [-0.3, -0.25) is 4.68 Å². The molecule has 0 atom stereocenters. The van der Waals surface area contributed by atoms with Gasteiger partial charge in [0.05, 0.1) is 11.9 Å². The van der Waals surface area contributed by atoms with Crippen LogP contribution in [0, 0.1) is 3.70 Å². The molecule has 0 saturated heterocycles. The largest absolute Gasteiger partial charge is 0.253 e. The number of rotatable bonds is 5. The fraction of sp³-hybridized carbons (Fsp3) is 0.286. The summed E-state index contributed by atoms with van der Waals surface area (Å²) in [4.78, 5) is 0. The van der Waals surface area contributed by atoms with Crippen LogP contribution in [-0.2, 0) is 13.0 Å². The van der Waals surface area contributed by atoms with Crippen LogP contribution in [0.1, 0.15) is 18.5 Å². The predicted molar refractivity (Wildman–Crippen MR) is 99.8 cm³/mol. The summed E-state index contributed by atoms with van der Waals surface area (Å²) >= 11 is 13.1. The molecule has 0 unspecified atom stereocenters. The molecular weight excluding hydrogens is 464 g/mol. The number of aromatic nitrogens is 7. The molecule has 3 rings (SSSR count). The highest BCUT2D eigenvalue weighted by Crippen LogP contribution is 2.06. The Bertz CT molecular complexity index is 684. The van der Waals surface area contributed by atoms with Gasteiger partial charge in [0.25, 0.3) is 0 Å². The molecule has 3 heterocycles. The maximum atomic E-state index is 5.65. The van der Waals surface area contributed by atoms with Crippen molar-refractivity contribution in [3.63, 3.8) is 0 Å². The lowest BCUT2D eigenvalue weighted by atomic mass is 10.2. The summed E-state index contributed by atoms with van der Waals surface area (Å²) in [5.41, 5.74) is 0.975. The van der Waals surface area contributed by atoms with Gasteiger partial charge in [0, 0.05) is 12.7 Å². The molecule has 24 heavy (non-hydrogen) atoms. The number of hydrogen-bond donors (Lipinski definition) is 0. The molecule has 0 radical (unpaired) electrons. The van der Waals surface area contributed by atoms with Gasteiger partial charge < -0.3 is 0 Å². The monoisotopic (exact) mass is 477 g/mol. The Morgan fingerprint density at radius 3 is 2.21 bits per heavy atom. The van der Waals surface area contributed by atoms with E-state index in [2.05, 4.69) is 53.3 Å². The normalized spacial score (nSPS) is 10.1. The Kier molecular flexibility index (Phi) is 8.26. The summed E-state index contributed by atoms with van der Waals surface area (Å²) in [5, 5.41) is 23.6. The Morgan fingerprint density at radius 2 is 1.67 bits per heavy atom. The molecule has 10 heteroatoms. The minimum atomic E-state index is 0.436. The third-order valence-corrected chi connectivity index (χ3v) is 3.81. The number of aryl methyl sites for hydroxylation is 2. The summed E-state index contributed by atoms with van der Waals surface area (Å²) in [6, 6.07) is 7.18. The fourth-order valence-corrected chi connectivity index (χ4v) is 2.20. The molecule has 0 aromatic carbocycles. The van der Waals surface area contributed by atoms with Crippen LogP contribution >= 0.6 is 45.8 Å². The Balaban J connectivity index is 0.000000219. The van der Waals surface area contributed by atoms with Crippen LogP contribution in [0.4, 0.5) is 0 Å². The van der Waals surface area contributed by atoms with Gasteiger partial charge in [-0.1, -0.05) is 28.4 Å². The van der Waals surface area contributed by atoms with Crippen LogP contribution in [-0.4, -0.2) is 35.4 Å². The fourth-order valence-electron chi connectivity index (χ4n) is 1.71. The standard InChI is InChI=1S/C10H12ClN5.C4H2ClIN2/c11-10-5-4-9(13-14-10)3-1-2-7-16-8-6-12-15-16;5-3-1-2-4(6)8-7-3/h4-6,8H,1-3,7H2;1-2H. The summed E-state index contributed by atoms with van der Waals surface area (Å²) < 4.78 is 2.68. The number of hydrogen-bond acceptors (Lipinski definition) is 6. The van der Waals surface area contributed by atoms with E-state index in [0.29, 0.717) is 10.3 Å². The van der Waals surface area contributed by atoms with Crippen molar-refractivity contribution in [3.8, 4) is 0 Å². The van der Waals surface area contributed by atoms with E-state index in [1.165, 1.54) is 0 Å². The van der Waals surface area contributed by atoms with Crippen LogP contribution < -0.4 is 0 Å². The molecule has 0 aliphatic heterocycles. The zero-order valence-corrected chi connectivity index (χ0v) is 16.2. The molecule has 0 N–H and O–H groups in total. The lowest BCUT2D eigenvalue weighted by Crippen LogP contribution is -2.00. The maximum absolute atomic E-state index is 5.65. The van der Waals surface area contributed by atoms with E-state index >= 15 is 0 Å². The zero-order chi connectivity index (χ0) is 17.2. The third kappa shape index (κ3) is 7.45. The van der Waals surface area contributed by atoms with Crippen LogP contribution in [0.15, 0.2) is 36.7 Å². The van der Waals surface area contributed by atoms with E-state index in [9.17, 15) is 0 Å². The van der Waals surface area contributed by atoms with E-state index in [1.807, 2.05) is 16.9 Å². The van der Waals surface area contributed by atoms with E-state index in [4.69, 9.17) is 23.2 Å². The van der Waals surface area contributed by atoms with Crippen molar-refractivity contribution in [1.82, 2.24) is 35.4 Å². The number of nitrogens with zero attached hydrogens (tertiary/aromatic N) is 7. The molecule has 0 aliphatic carbocycles. The lowest BCUT2D eigenvalue weighted by Gasteiger charge is -2.00. The Hall–Kier alpha value is -1.39. The van der Waals surface area contributed by atoms with Gasteiger partial charge in [0.2, 0.25) is 0 Å². The molecule has 0 bridgehead atoms. The van der Waals surface area contributed by atoms with Gasteiger partial charge in [-0.2, -0.15) is 5.10 Å². The average Bonchev–Trinajstić information content (AvgIpc) is 3.10. The molecule has 0 fully saturated rings. The molecule has 0 aliphatic rings. The van der Waals surface area contributed by atoms with Gasteiger partial charge in [-0.15, -0.1) is 20.4 Å². The van der Waals surface area contributed by atoms with Gasteiger partial charge in [0.1, 0.15) is 3.70 Å². The first kappa shape index (κ1) is 18.9. The van der Waals surface area contributed by atoms with Gasteiger partial charge in [-0.25, -0.2) is 0 Å². The quantitative estimate of drug-likeness (QED) is 0.413. The van der Waals surface area contributed by atoms with Crippen molar-refractivity contribution in [2.45, 2.75) is 25.8 Å². The molecular formula is C14H14Cl2IN7. The second-order valence-corrected chi connectivity index (χ2v) is 6.53. The summed E-state index contributed by atoms with van der Waals surface area (Å²) in [6.07, 6.45) is 6.56. The van der Waals surface area contributed by atoms with E-state index in [1.54, 1.807) is 24.4 Å². The highest BCUT2D eigenvalue weighted by molar-refractivity contribution is 14.1.